The highest BCUT2D eigenvalue weighted by atomic mass is 35.5. The normalized spacial score (nSPS) is 18.8. The number of benzene rings is 2. The van der Waals surface area contributed by atoms with Crippen molar-refractivity contribution in [2.75, 3.05) is 33.8 Å². The van der Waals surface area contributed by atoms with Gasteiger partial charge in [0.05, 0.1) is 13.2 Å². The van der Waals surface area contributed by atoms with Gasteiger partial charge >= 0.3 is 0 Å². The zero-order valence-electron chi connectivity index (χ0n) is 27.4. The van der Waals surface area contributed by atoms with Crippen LogP contribution in [0, 0.1) is 5.92 Å². The first-order valence-corrected chi connectivity index (χ1v) is 16.2. The Labute approximate surface area is 274 Å². The third kappa shape index (κ3) is 7.99. The van der Waals surface area contributed by atoms with Crippen molar-refractivity contribution in [2.24, 2.45) is 5.92 Å². The minimum Gasteiger partial charge on any atom is -0.496 e. The molecule has 2 saturated heterocycles. The fourth-order valence-corrected chi connectivity index (χ4v) is 6.75. The van der Waals surface area contributed by atoms with Crippen molar-refractivity contribution in [1.82, 2.24) is 20.4 Å². The van der Waals surface area contributed by atoms with Crippen molar-refractivity contribution in [3.05, 3.63) is 64.7 Å². The van der Waals surface area contributed by atoms with Crippen LogP contribution in [0.1, 0.15) is 86.3 Å². The van der Waals surface area contributed by atoms with E-state index < -0.39 is 17.7 Å². The maximum Gasteiger partial charge on any atom is 0.251 e. The number of aliphatic hydroxyl groups excluding tert-OH is 1. The van der Waals surface area contributed by atoms with E-state index in [4.69, 9.17) is 4.74 Å². The molecule has 0 unspecified atom stereocenters. The minimum absolute atomic E-state index is 0. The van der Waals surface area contributed by atoms with E-state index >= 15 is 0 Å². The monoisotopic (exact) mass is 642 g/mol. The van der Waals surface area contributed by atoms with E-state index in [9.17, 15) is 19.5 Å². The molecule has 248 valence electrons. The number of piperazine rings is 1. The number of amides is 3. The van der Waals surface area contributed by atoms with Gasteiger partial charge in [0, 0.05) is 45.2 Å². The number of ether oxygens (including phenoxy) is 1. The fraction of sp³-hybridized carbons (Fsp3) is 0.571. The van der Waals surface area contributed by atoms with Gasteiger partial charge < -0.3 is 25.4 Å². The number of unbranched alkanes of at least 4 members (excludes halogenated alkanes) is 1. The van der Waals surface area contributed by atoms with E-state index in [-0.39, 0.29) is 36.0 Å². The van der Waals surface area contributed by atoms with E-state index in [0.29, 0.717) is 50.2 Å². The highest BCUT2D eigenvalue weighted by molar-refractivity contribution is 6.00. The second-order valence-corrected chi connectivity index (χ2v) is 12.3. The first kappa shape index (κ1) is 36.3. The molecule has 9 nitrogen and oxygen atoms in total. The number of piperidine rings is 1. The summed E-state index contributed by atoms with van der Waals surface area (Å²) in [5.74, 6) is 0.253. The van der Waals surface area contributed by atoms with Gasteiger partial charge in [0.15, 0.2) is 0 Å². The number of hydrogen-bond acceptors (Lipinski definition) is 6. The van der Waals surface area contributed by atoms with Gasteiger partial charge in [-0.3, -0.25) is 19.3 Å². The molecule has 2 heterocycles. The number of aliphatic hydroxyl groups is 1. The lowest BCUT2D eigenvalue weighted by Crippen LogP contribution is -2.75. The average Bonchev–Trinajstić information content (AvgIpc) is 3.05. The Hall–Kier alpha value is -3.14. The molecular formula is C35H51ClN4O5. The molecule has 2 fully saturated rings. The maximum atomic E-state index is 13.8. The molecule has 0 bridgehead atoms. The van der Waals surface area contributed by atoms with Gasteiger partial charge in [0.25, 0.3) is 5.91 Å². The number of methoxy groups -OCH3 is 1. The largest absolute Gasteiger partial charge is 0.496 e. The van der Waals surface area contributed by atoms with Crippen molar-refractivity contribution in [3.63, 3.8) is 0 Å². The highest BCUT2D eigenvalue weighted by Crippen LogP contribution is 2.35. The van der Waals surface area contributed by atoms with Gasteiger partial charge in [-0.2, -0.15) is 0 Å². The Morgan fingerprint density at radius 1 is 1.07 bits per heavy atom. The standard InChI is InChI=1S/C35H50N4O5.ClH/c1-6-9-18-39-33(42)30(31(40)26(7-2)8-3)37-34(43)35(39)16-19-38(20-17-35)23-25-12-10-24(11-13-25)21-27-14-15-28(32(41)36-4)22-29(27)44-5;/h10-15,22,26,30-31,40H,6-9,16-21,23H2,1-5H3,(H,36,41)(H,37,43);1H/t30-,31-;/m1./s1. The lowest BCUT2D eigenvalue weighted by Gasteiger charge is -2.52. The van der Waals surface area contributed by atoms with Crippen LogP contribution in [0.5, 0.6) is 5.75 Å². The maximum absolute atomic E-state index is 13.8. The number of carbonyl (C=O) groups is 3. The minimum atomic E-state index is -0.881. The van der Waals surface area contributed by atoms with Crippen molar-refractivity contribution >= 4 is 30.1 Å². The topological polar surface area (TPSA) is 111 Å². The van der Waals surface area contributed by atoms with Gasteiger partial charge in [-0.15, -0.1) is 12.4 Å². The van der Waals surface area contributed by atoms with Crippen molar-refractivity contribution in [3.8, 4) is 5.75 Å². The summed E-state index contributed by atoms with van der Waals surface area (Å²) in [5, 5.41) is 16.6. The summed E-state index contributed by atoms with van der Waals surface area (Å²) in [6.45, 7) is 8.83. The van der Waals surface area contributed by atoms with Crippen LogP contribution in [0.4, 0.5) is 0 Å². The molecule has 0 aromatic heterocycles. The Kier molecular flexibility index (Phi) is 13.3. The summed E-state index contributed by atoms with van der Waals surface area (Å²) in [7, 11) is 3.23. The van der Waals surface area contributed by atoms with Gasteiger partial charge in [0.1, 0.15) is 17.3 Å². The van der Waals surface area contributed by atoms with Crippen LogP contribution in [0.3, 0.4) is 0 Å². The summed E-state index contributed by atoms with van der Waals surface area (Å²) < 4.78 is 5.55. The number of likely N-dealkylation sites (tertiary alicyclic amines) is 1. The number of hydrogen-bond donors (Lipinski definition) is 3. The zero-order valence-corrected chi connectivity index (χ0v) is 28.3. The Morgan fingerprint density at radius 3 is 2.29 bits per heavy atom. The third-order valence-electron chi connectivity index (χ3n) is 9.65. The second kappa shape index (κ2) is 16.4. The summed E-state index contributed by atoms with van der Waals surface area (Å²) in [4.78, 5) is 43.6. The molecular weight excluding hydrogens is 592 g/mol. The molecule has 4 rings (SSSR count). The van der Waals surface area contributed by atoms with Gasteiger partial charge in [-0.25, -0.2) is 0 Å². The summed E-state index contributed by atoms with van der Waals surface area (Å²) in [6.07, 6.45) is 4.23. The quantitative estimate of drug-likeness (QED) is 0.300. The van der Waals surface area contributed by atoms with Crippen LogP contribution in [-0.4, -0.2) is 84.1 Å². The number of carbonyl (C=O) groups excluding carboxylic acids is 3. The van der Waals surface area contributed by atoms with E-state index in [1.54, 1.807) is 20.2 Å². The molecule has 2 aliphatic rings. The molecule has 0 saturated carbocycles. The van der Waals surface area contributed by atoms with Crippen molar-refractivity contribution in [1.29, 1.82) is 0 Å². The summed E-state index contributed by atoms with van der Waals surface area (Å²) >= 11 is 0. The molecule has 2 aliphatic heterocycles. The van der Waals surface area contributed by atoms with E-state index in [1.165, 1.54) is 5.56 Å². The van der Waals surface area contributed by atoms with Gasteiger partial charge in [-0.05, 0) is 54.0 Å². The van der Waals surface area contributed by atoms with Gasteiger partial charge in [0.2, 0.25) is 11.8 Å². The Morgan fingerprint density at radius 2 is 1.71 bits per heavy atom. The predicted octanol–water partition coefficient (Wildman–Crippen LogP) is 4.33. The van der Waals surface area contributed by atoms with Gasteiger partial charge in [-0.1, -0.05) is 70.4 Å². The molecule has 2 atom stereocenters. The molecule has 3 N–H and O–H groups in total. The molecule has 45 heavy (non-hydrogen) atoms. The third-order valence-corrected chi connectivity index (χ3v) is 9.65. The molecule has 2 aromatic rings. The molecule has 3 amide bonds. The molecule has 1 spiro atoms. The van der Waals surface area contributed by atoms with Crippen LogP contribution in [0.2, 0.25) is 0 Å². The Balaban J connectivity index is 0.00000552. The Bertz CT molecular complexity index is 1290. The van der Waals surface area contributed by atoms with E-state index in [2.05, 4.69) is 46.7 Å². The molecule has 0 radical (unpaired) electrons. The summed E-state index contributed by atoms with van der Waals surface area (Å²) in [5.41, 5.74) is 3.05. The van der Waals surface area contributed by atoms with Crippen LogP contribution in [0.15, 0.2) is 42.5 Å². The number of nitrogens with one attached hydrogen (secondary N) is 2. The van der Waals surface area contributed by atoms with E-state index in [0.717, 1.165) is 43.4 Å². The summed E-state index contributed by atoms with van der Waals surface area (Å²) in [6, 6.07) is 13.2. The highest BCUT2D eigenvalue weighted by Gasteiger charge is 2.55. The molecule has 10 heteroatoms. The van der Waals surface area contributed by atoms with Crippen molar-refractivity contribution in [2.45, 2.75) is 89.9 Å². The van der Waals surface area contributed by atoms with Crippen LogP contribution >= 0.6 is 12.4 Å². The SMILES string of the molecule is CCCCN1C(=O)[C@@H]([C@H](O)C(CC)CC)NC(=O)C12CCN(Cc1ccc(Cc3ccc(C(=O)NC)cc3OC)cc1)CC2.Cl. The number of rotatable bonds is 13. The lowest BCUT2D eigenvalue weighted by atomic mass is 9.79. The fourth-order valence-electron chi connectivity index (χ4n) is 6.75. The second-order valence-electron chi connectivity index (χ2n) is 12.3. The smallest absolute Gasteiger partial charge is 0.251 e. The first-order valence-electron chi connectivity index (χ1n) is 16.2. The van der Waals surface area contributed by atoms with Crippen LogP contribution in [0.25, 0.3) is 0 Å². The lowest BCUT2D eigenvalue weighted by molar-refractivity contribution is -0.165. The first-order chi connectivity index (χ1) is 21.2. The molecule has 2 aromatic carbocycles. The van der Waals surface area contributed by atoms with Crippen LogP contribution < -0.4 is 15.4 Å². The van der Waals surface area contributed by atoms with E-state index in [1.807, 2.05) is 30.9 Å². The number of halogens is 1. The predicted molar refractivity (Wildman–Crippen MR) is 179 cm³/mol. The number of nitrogens with zero attached hydrogens (tertiary/aromatic N) is 2. The van der Waals surface area contributed by atoms with Crippen molar-refractivity contribution < 1.29 is 24.2 Å². The zero-order chi connectivity index (χ0) is 31.9. The average molecular weight is 643 g/mol. The van der Waals surface area contributed by atoms with Crippen LogP contribution in [-0.2, 0) is 22.6 Å². The molecule has 0 aliphatic carbocycles.